The Morgan fingerprint density at radius 3 is 2.63 bits per heavy atom. The molecular weight excluding hydrogens is 270 g/mol. The van der Waals surface area contributed by atoms with E-state index in [1.54, 1.807) is 6.92 Å². The van der Waals surface area contributed by atoms with Gasteiger partial charge in [0.15, 0.2) is 0 Å². The van der Waals surface area contributed by atoms with Gasteiger partial charge in [0.1, 0.15) is 10.6 Å². The zero-order valence-corrected chi connectivity index (χ0v) is 11.2. The van der Waals surface area contributed by atoms with Crippen LogP contribution in [0.4, 0.5) is 11.6 Å². The smallest absolute Gasteiger partial charge is 0.266 e. The Hall–Kier alpha value is -2.22. The number of nitrogen functional groups attached to an aromatic ring is 1. The maximum atomic E-state index is 12.1. The maximum Gasteiger partial charge on any atom is 0.266 e. The van der Waals surface area contributed by atoms with Gasteiger partial charge in [0.2, 0.25) is 5.88 Å². The predicted molar refractivity (Wildman–Crippen MR) is 69.5 cm³/mol. The van der Waals surface area contributed by atoms with Crippen molar-refractivity contribution in [2.45, 2.75) is 11.8 Å². The number of nitrogens with one attached hydrogen (secondary N) is 1. The molecule has 2 aromatic rings. The average molecular weight is 283 g/mol. The molecule has 3 N–H and O–H groups in total. The molecular formula is C11H13N3O4S. The minimum Gasteiger partial charge on any atom is -0.497 e. The standard InChI is InChI=1S/C11H13N3O4S/c1-7-5-11(18-13-7)14-19(15,16)10-4-3-8(17-2)6-9(10)12/h3-6,14H,12H2,1-2H3. The molecule has 102 valence electrons. The van der Waals surface area contributed by atoms with E-state index in [2.05, 4.69) is 9.88 Å². The topological polar surface area (TPSA) is 107 Å². The number of aryl methyl sites for hydroxylation is 1. The lowest BCUT2D eigenvalue weighted by Crippen LogP contribution is -2.14. The van der Waals surface area contributed by atoms with Gasteiger partial charge in [-0.3, -0.25) is 0 Å². The summed E-state index contributed by atoms with van der Waals surface area (Å²) in [6.45, 7) is 1.68. The molecule has 0 spiro atoms. The van der Waals surface area contributed by atoms with Crippen molar-refractivity contribution in [3.05, 3.63) is 30.0 Å². The molecule has 0 atom stereocenters. The summed E-state index contributed by atoms with van der Waals surface area (Å²) in [5, 5.41) is 3.59. The minimum absolute atomic E-state index is 0.0349. The van der Waals surface area contributed by atoms with Crippen LogP contribution in [0.2, 0.25) is 0 Å². The molecule has 0 radical (unpaired) electrons. The van der Waals surface area contributed by atoms with E-state index in [1.165, 1.54) is 31.4 Å². The molecule has 0 bridgehead atoms. The number of nitrogens with zero attached hydrogens (tertiary/aromatic N) is 1. The molecule has 1 heterocycles. The van der Waals surface area contributed by atoms with Crippen LogP contribution in [0.1, 0.15) is 5.69 Å². The van der Waals surface area contributed by atoms with Gasteiger partial charge in [-0.25, -0.2) is 13.1 Å². The van der Waals surface area contributed by atoms with Crippen LogP contribution in [0.3, 0.4) is 0 Å². The summed E-state index contributed by atoms with van der Waals surface area (Å²) in [5.74, 6) is 0.514. The van der Waals surface area contributed by atoms with Crippen molar-refractivity contribution in [1.82, 2.24) is 5.16 Å². The molecule has 0 aliphatic carbocycles. The molecule has 0 unspecified atom stereocenters. The first kappa shape index (κ1) is 13.2. The number of benzene rings is 1. The van der Waals surface area contributed by atoms with Crippen molar-refractivity contribution >= 4 is 21.6 Å². The number of hydrogen-bond acceptors (Lipinski definition) is 6. The highest BCUT2D eigenvalue weighted by molar-refractivity contribution is 7.92. The molecule has 19 heavy (non-hydrogen) atoms. The van der Waals surface area contributed by atoms with Crippen molar-refractivity contribution in [1.29, 1.82) is 0 Å². The molecule has 7 nitrogen and oxygen atoms in total. The first-order valence-electron chi connectivity index (χ1n) is 5.32. The first-order valence-corrected chi connectivity index (χ1v) is 6.80. The van der Waals surface area contributed by atoms with Gasteiger partial charge in [0.25, 0.3) is 10.0 Å². The van der Waals surface area contributed by atoms with E-state index in [0.717, 1.165) is 0 Å². The summed E-state index contributed by atoms with van der Waals surface area (Å²) in [5.41, 5.74) is 6.35. The van der Waals surface area contributed by atoms with E-state index >= 15 is 0 Å². The fourth-order valence-corrected chi connectivity index (χ4v) is 2.58. The zero-order valence-electron chi connectivity index (χ0n) is 10.4. The normalized spacial score (nSPS) is 11.3. The van der Waals surface area contributed by atoms with Crippen molar-refractivity contribution in [3.63, 3.8) is 0 Å². The van der Waals surface area contributed by atoms with Crippen LogP contribution in [0.25, 0.3) is 0 Å². The van der Waals surface area contributed by atoms with Gasteiger partial charge >= 0.3 is 0 Å². The number of aromatic nitrogens is 1. The number of hydrogen-bond donors (Lipinski definition) is 2. The van der Waals surface area contributed by atoms with Gasteiger partial charge in [0, 0.05) is 12.1 Å². The molecule has 0 aliphatic heterocycles. The van der Waals surface area contributed by atoms with E-state index in [4.69, 9.17) is 15.0 Å². The fraction of sp³-hybridized carbons (Fsp3) is 0.182. The fourth-order valence-electron chi connectivity index (χ4n) is 1.50. The van der Waals surface area contributed by atoms with E-state index in [1.807, 2.05) is 0 Å². The highest BCUT2D eigenvalue weighted by Crippen LogP contribution is 2.25. The first-order chi connectivity index (χ1) is 8.92. The lowest BCUT2D eigenvalue weighted by molar-refractivity contribution is 0.414. The number of methoxy groups -OCH3 is 1. The Labute approximate surface area is 110 Å². The number of ether oxygens (including phenoxy) is 1. The number of sulfonamides is 1. The van der Waals surface area contributed by atoms with Crippen molar-refractivity contribution < 1.29 is 17.7 Å². The molecule has 2 rings (SSSR count). The zero-order chi connectivity index (χ0) is 14.0. The summed E-state index contributed by atoms with van der Waals surface area (Å²) in [7, 11) is -2.35. The number of nitrogens with two attached hydrogens (primary N) is 1. The second-order valence-electron chi connectivity index (χ2n) is 3.84. The van der Waals surface area contributed by atoms with Gasteiger partial charge in [0.05, 0.1) is 18.5 Å². The lowest BCUT2D eigenvalue weighted by Gasteiger charge is -2.09. The molecule has 8 heteroatoms. The summed E-state index contributed by atoms with van der Waals surface area (Å²) < 4.78 is 36.2. The van der Waals surface area contributed by atoms with E-state index in [0.29, 0.717) is 11.4 Å². The predicted octanol–water partition coefficient (Wildman–Crippen LogP) is 1.37. The molecule has 0 fully saturated rings. The van der Waals surface area contributed by atoms with E-state index in [9.17, 15) is 8.42 Å². The third-order valence-corrected chi connectivity index (χ3v) is 3.79. The number of anilines is 2. The number of rotatable bonds is 4. The summed E-state index contributed by atoms with van der Waals surface area (Å²) in [6.07, 6.45) is 0. The van der Waals surface area contributed by atoms with Crippen molar-refractivity contribution in [2.75, 3.05) is 17.6 Å². The molecule has 0 amide bonds. The summed E-state index contributed by atoms with van der Waals surface area (Å²) in [6, 6.07) is 5.77. The third-order valence-electron chi connectivity index (χ3n) is 2.37. The van der Waals surface area contributed by atoms with E-state index in [-0.39, 0.29) is 16.5 Å². The highest BCUT2D eigenvalue weighted by atomic mass is 32.2. The molecule has 1 aromatic carbocycles. The van der Waals surface area contributed by atoms with Crippen LogP contribution in [-0.4, -0.2) is 20.7 Å². The van der Waals surface area contributed by atoms with Crippen molar-refractivity contribution in [2.24, 2.45) is 0 Å². The Morgan fingerprint density at radius 2 is 2.11 bits per heavy atom. The Bertz CT molecular complexity index is 694. The highest BCUT2D eigenvalue weighted by Gasteiger charge is 2.19. The van der Waals surface area contributed by atoms with Crippen molar-refractivity contribution in [3.8, 4) is 5.75 Å². The third kappa shape index (κ3) is 2.79. The van der Waals surface area contributed by atoms with Gasteiger partial charge in [-0.1, -0.05) is 5.16 Å². The molecule has 0 saturated heterocycles. The van der Waals surface area contributed by atoms with Gasteiger partial charge in [-0.15, -0.1) is 0 Å². The van der Waals surface area contributed by atoms with Gasteiger partial charge < -0.3 is 15.0 Å². The van der Waals surface area contributed by atoms with Crippen LogP contribution in [0.15, 0.2) is 33.7 Å². The Balaban J connectivity index is 2.34. The SMILES string of the molecule is COc1ccc(S(=O)(=O)Nc2cc(C)no2)c(N)c1. The molecule has 1 aromatic heterocycles. The quantitative estimate of drug-likeness (QED) is 0.821. The lowest BCUT2D eigenvalue weighted by atomic mass is 10.3. The monoisotopic (exact) mass is 283 g/mol. The second-order valence-corrected chi connectivity index (χ2v) is 5.49. The van der Waals surface area contributed by atoms with Crippen LogP contribution in [-0.2, 0) is 10.0 Å². The van der Waals surface area contributed by atoms with E-state index < -0.39 is 10.0 Å². The van der Waals surface area contributed by atoms with Gasteiger partial charge in [-0.2, -0.15) is 0 Å². The van der Waals surface area contributed by atoms with Crippen LogP contribution in [0.5, 0.6) is 5.75 Å². The maximum absolute atomic E-state index is 12.1. The molecule has 0 aliphatic rings. The Kier molecular flexibility index (Phi) is 3.34. The molecule has 0 saturated carbocycles. The van der Waals surface area contributed by atoms with Gasteiger partial charge in [-0.05, 0) is 19.1 Å². The summed E-state index contributed by atoms with van der Waals surface area (Å²) >= 11 is 0. The summed E-state index contributed by atoms with van der Waals surface area (Å²) in [4.78, 5) is -0.0534. The Morgan fingerprint density at radius 1 is 1.37 bits per heavy atom. The second kappa shape index (κ2) is 4.81. The van der Waals surface area contributed by atoms with Crippen LogP contribution in [0, 0.1) is 6.92 Å². The minimum atomic E-state index is -3.82. The largest absolute Gasteiger partial charge is 0.497 e. The van der Waals surface area contributed by atoms with Crippen LogP contribution >= 0.6 is 0 Å². The average Bonchev–Trinajstić information content (AvgIpc) is 2.73. The van der Waals surface area contributed by atoms with Crippen LogP contribution < -0.4 is 15.2 Å².